The maximum atomic E-state index is 11.8. The molecule has 2 aromatic heterocycles. The van der Waals surface area contributed by atoms with Gasteiger partial charge in [0.25, 0.3) is 0 Å². The van der Waals surface area contributed by atoms with Gasteiger partial charge in [-0.25, -0.2) is 0 Å². The molecular weight excluding hydrogens is 254 g/mol. The molecule has 0 radical (unpaired) electrons. The van der Waals surface area contributed by atoms with E-state index in [0.29, 0.717) is 36.8 Å². The standard InChI is InChI=1S/C15H17N3O2/c19-13-4-2-1-3-12(13)10-15-17-14(18-20-15)9-11-5-7-16-8-6-11/h5-8,12H,1-4,9-10H2. The van der Waals surface area contributed by atoms with Crippen LogP contribution in [0.15, 0.2) is 29.0 Å². The molecule has 1 aliphatic carbocycles. The third-order valence-corrected chi connectivity index (χ3v) is 3.72. The predicted molar refractivity (Wildman–Crippen MR) is 72.0 cm³/mol. The average Bonchev–Trinajstić information content (AvgIpc) is 2.90. The van der Waals surface area contributed by atoms with Crippen LogP contribution in [0.1, 0.15) is 43.0 Å². The van der Waals surface area contributed by atoms with E-state index in [2.05, 4.69) is 15.1 Å². The molecule has 20 heavy (non-hydrogen) atoms. The zero-order chi connectivity index (χ0) is 13.8. The minimum absolute atomic E-state index is 0.0676. The van der Waals surface area contributed by atoms with Crippen molar-refractivity contribution < 1.29 is 9.32 Å². The molecule has 1 atom stereocenters. The first-order valence-corrected chi connectivity index (χ1v) is 7.04. The molecule has 5 heteroatoms. The quantitative estimate of drug-likeness (QED) is 0.853. The van der Waals surface area contributed by atoms with Crippen LogP contribution in [0, 0.1) is 5.92 Å². The van der Waals surface area contributed by atoms with E-state index in [1.54, 1.807) is 12.4 Å². The van der Waals surface area contributed by atoms with Crippen molar-refractivity contribution in [2.75, 3.05) is 0 Å². The molecule has 0 bridgehead atoms. The van der Waals surface area contributed by atoms with Gasteiger partial charge >= 0.3 is 0 Å². The zero-order valence-corrected chi connectivity index (χ0v) is 11.3. The lowest BCUT2D eigenvalue weighted by atomic mass is 9.86. The highest BCUT2D eigenvalue weighted by atomic mass is 16.5. The molecule has 0 spiro atoms. The summed E-state index contributed by atoms with van der Waals surface area (Å²) < 4.78 is 5.26. The van der Waals surface area contributed by atoms with Crippen LogP contribution in [0.25, 0.3) is 0 Å². The van der Waals surface area contributed by atoms with Crippen molar-refractivity contribution in [1.82, 2.24) is 15.1 Å². The fraction of sp³-hybridized carbons (Fsp3) is 0.467. The van der Waals surface area contributed by atoms with Gasteiger partial charge in [-0.15, -0.1) is 0 Å². The first-order chi connectivity index (χ1) is 9.81. The highest BCUT2D eigenvalue weighted by molar-refractivity contribution is 5.81. The number of pyridine rings is 1. The van der Waals surface area contributed by atoms with Gasteiger partial charge in [-0.2, -0.15) is 4.98 Å². The molecule has 0 aliphatic heterocycles. The van der Waals surface area contributed by atoms with Gasteiger partial charge in [-0.05, 0) is 30.5 Å². The Morgan fingerprint density at radius 2 is 2.10 bits per heavy atom. The molecule has 0 aromatic carbocycles. The highest BCUT2D eigenvalue weighted by Crippen LogP contribution is 2.23. The molecule has 0 amide bonds. The van der Waals surface area contributed by atoms with E-state index in [1.807, 2.05) is 12.1 Å². The van der Waals surface area contributed by atoms with E-state index in [4.69, 9.17) is 4.52 Å². The number of rotatable bonds is 4. The van der Waals surface area contributed by atoms with Crippen LogP contribution < -0.4 is 0 Å². The van der Waals surface area contributed by atoms with Gasteiger partial charge in [-0.1, -0.05) is 11.6 Å². The van der Waals surface area contributed by atoms with Crippen LogP contribution in [-0.4, -0.2) is 20.9 Å². The van der Waals surface area contributed by atoms with Crippen molar-refractivity contribution >= 4 is 5.78 Å². The first kappa shape index (κ1) is 13.0. The van der Waals surface area contributed by atoms with E-state index in [0.717, 1.165) is 24.8 Å². The van der Waals surface area contributed by atoms with Crippen molar-refractivity contribution in [3.63, 3.8) is 0 Å². The molecule has 1 aliphatic rings. The molecule has 1 fully saturated rings. The molecule has 104 valence electrons. The van der Waals surface area contributed by atoms with Crippen molar-refractivity contribution in [3.8, 4) is 0 Å². The topological polar surface area (TPSA) is 68.9 Å². The minimum Gasteiger partial charge on any atom is -0.339 e. The van der Waals surface area contributed by atoms with E-state index >= 15 is 0 Å². The van der Waals surface area contributed by atoms with E-state index in [-0.39, 0.29) is 5.92 Å². The second-order valence-corrected chi connectivity index (χ2v) is 5.25. The zero-order valence-electron chi connectivity index (χ0n) is 11.3. The third kappa shape index (κ3) is 3.10. The largest absolute Gasteiger partial charge is 0.339 e. The number of hydrogen-bond acceptors (Lipinski definition) is 5. The van der Waals surface area contributed by atoms with Crippen LogP contribution in [0.2, 0.25) is 0 Å². The first-order valence-electron chi connectivity index (χ1n) is 7.04. The fourth-order valence-electron chi connectivity index (χ4n) is 2.61. The van der Waals surface area contributed by atoms with E-state index in [9.17, 15) is 4.79 Å². The number of Topliss-reactive ketones (excluding diaryl/α,β-unsaturated/α-hetero) is 1. The molecule has 2 heterocycles. The lowest BCUT2D eigenvalue weighted by Gasteiger charge is -2.18. The summed E-state index contributed by atoms with van der Waals surface area (Å²) in [7, 11) is 0. The Morgan fingerprint density at radius 3 is 2.90 bits per heavy atom. The molecule has 5 nitrogen and oxygen atoms in total. The van der Waals surface area contributed by atoms with Gasteiger partial charge in [0.2, 0.25) is 5.89 Å². The number of aromatic nitrogens is 3. The number of nitrogens with zero attached hydrogens (tertiary/aromatic N) is 3. The average molecular weight is 271 g/mol. The maximum Gasteiger partial charge on any atom is 0.227 e. The Labute approximate surface area is 117 Å². The lowest BCUT2D eigenvalue weighted by molar-refractivity contribution is -0.124. The molecule has 2 aromatic rings. The molecule has 1 saturated carbocycles. The normalized spacial score (nSPS) is 19.2. The number of hydrogen-bond donors (Lipinski definition) is 0. The SMILES string of the molecule is O=C1CCCCC1Cc1nc(Cc2ccncc2)no1. The van der Waals surface area contributed by atoms with Crippen molar-refractivity contribution in [3.05, 3.63) is 41.8 Å². The third-order valence-electron chi connectivity index (χ3n) is 3.72. The van der Waals surface area contributed by atoms with Crippen molar-refractivity contribution in [2.45, 2.75) is 38.5 Å². The summed E-state index contributed by atoms with van der Waals surface area (Å²) in [6.07, 6.45) is 8.49. The second kappa shape index (κ2) is 5.94. The summed E-state index contributed by atoms with van der Waals surface area (Å²) in [6.45, 7) is 0. The van der Waals surface area contributed by atoms with Gasteiger partial charge in [-0.3, -0.25) is 9.78 Å². The van der Waals surface area contributed by atoms with Gasteiger partial charge in [0, 0.05) is 37.6 Å². The van der Waals surface area contributed by atoms with Gasteiger partial charge in [0.05, 0.1) is 0 Å². The molecule has 0 saturated heterocycles. The Hall–Kier alpha value is -2.04. The van der Waals surface area contributed by atoms with E-state index in [1.165, 1.54) is 0 Å². The summed E-state index contributed by atoms with van der Waals surface area (Å²) in [5.74, 6) is 1.65. The summed E-state index contributed by atoms with van der Waals surface area (Å²) in [5, 5.41) is 3.98. The smallest absolute Gasteiger partial charge is 0.227 e. The van der Waals surface area contributed by atoms with Gasteiger partial charge in [0.15, 0.2) is 5.82 Å². The van der Waals surface area contributed by atoms with Crippen LogP contribution >= 0.6 is 0 Å². The Morgan fingerprint density at radius 1 is 1.25 bits per heavy atom. The highest BCUT2D eigenvalue weighted by Gasteiger charge is 2.24. The number of carbonyl (C=O) groups is 1. The summed E-state index contributed by atoms with van der Waals surface area (Å²) in [5.41, 5.74) is 1.10. The molecule has 1 unspecified atom stereocenters. The Balaban J connectivity index is 1.63. The summed E-state index contributed by atoms with van der Waals surface area (Å²) in [4.78, 5) is 20.2. The van der Waals surface area contributed by atoms with Crippen molar-refractivity contribution in [2.24, 2.45) is 5.92 Å². The molecule has 3 rings (SSSR count). The van der Waals surface area contributed by atoms with Crippen LogP contribution in [0.5, 0.6) is 0 Å². The second-order valence-electron chi connectivity index (χ2n) is 5.25. The maximum absolute atomic E-state index is 11.8. The minimum atomic E-state index is 0.0676. The Bertz CT molecular complexity index is 580. The van der Waals surface area contributed by atoms with Crippen LogP contribution in [0.4, 0.5) is 0 Å². The van der Waals surface area contributed by atoms with Crippen LogP contribution in [-0.2, 0) is 17.6 Å². The Kier molecular flexibility index (Phi) is 3.85. The van der Waals surface area contributed by atoms with Gasteiger partial charge in [0.1, 0.15) is 5.78 Å². The lowest BCUT2D eigenvalue weighted by Crippen LogP contribution is -2.21. The van der Waals surface area contributed by atoms with Crippen LogP contribution in [0.3, 0.4) is 0 Å². The monoisotopic (exact) mass is 271 g/mol. The number of ketones is 1. The summed E-state index contributed by atoms with van der Waals surface area (Å²) >= 11 is 0. The summed E-state index contributed by atoms with van der Waals surface area (Å²) in [6, 6.07) is 3.86. The van der Waals surface area contributed by atoms with Crippen molar-refractivity contribution in [1.29, 1.82) is 0 Å². The molecule has 0 N–H and O–H groups in total. The predicted octanol–water partition coefficient (Wildman–Crippen LogP) is 2.36. The molecular formula is C15H17N3O2. The van der Waals surface area contributed by atoms with E-state index < -0.39 is 0 Å². The van der Waals surface area contributed by atoms with Gasteiger partial charge < -0.3 is 4.52 Å². The number of carbonyl (C=O) groups excluding carboxylic acids is 1. The fourth-order valence-corrected chi connectivity index (χ4v) is 2.61.